The number of methoxy groups -OCH3 is 1. The number of aryl methyl sites for hydroxylation is 1. The fraction of sp³-hybridized carbons (Fsp3) is 0.348. The molecule has 0 unspecified atom stereocenters. The van der Waals surface area contributed by atoms with Crippen molar-refractivity contribution < 1.29 is 28.6 Å². The highest BCUT2D eigenvalue weighted by Crippen LogP contribution is 2.28. The normalized spacial score (nSPS) is 10.2. The lowest BCUT2D eigenvalue weighted by atomic mass is 10.1. The molecule has 2 N–H and O–H groups in total. The van der Waals surface area contributed by atoms with E-state index in [2.05, 4.69) is 17.6 Å². The smallest absolute Gasteiger partial charge is 0.338 e. The monoisotopic (exact) mass is 428 g/mol. The number of carbonyl (C=O) groups is 3. The molecule has 0 saturated carbocycles. The maximum Gasteiger partial charge on any atom is 0.338 e. The summed E-state index contributed by atoms with van der Waals surface area (Å²) in [4.78, 5) is 36.2. The molecule has 0 aromatic heterocycles. The van der Waals surface area contributed by atoms with Crippen molar-refractivity contribution in [2.75, 3.05) is 25.6 Å². The van der Waals surface area contributed by atoms with Gasteiger partial charge in [-0.15, -0.1) is 0 Å². The van der Waals surface area contributed by atoms with Crippen molar-refractivity contribution in [3.05, 3.63) is 53.1 Å². The van der Waals surface area contributed by atoms with Crippen LogP contribution >= 0.6 is 0 Å². The van der Waals surface area contributed by atoms with E-state index in [1.807, 2.05) is 19.9 Å². The van der Waals surface area contributed by atoms with Crippen LogP contribution in [0, 0.1) is 13.8 Å². The molecule has 0 heterocycles. The molecule has 8 nitrogen and oxygen atoms in total. The first-order valence-corrected chi connectivity index (χ1v) is 10.0. The number of carbonyl (C=O) groups excluding carboxylic acids is 3. The van der Waals surface area contributed by atoms with Gasteiger partial charge in [-0.2, -0.15) is 0 Å². The van der Waals surface area contributed by atoms with Gasteiger partial charge in [0.1, 0.15) is 0 Å². The summed E-state index contributed by atoms with van der Waals surface area (Å²) in [7, 11) is 1.47. The van der Waals surface area contributed by atoms with E-state index in [0.29, 0.717) is 23.8 Å². The van der Waals surface area contributed by atoms with Gasteiger partial charge in [0, 0.05) is 5.69 Å². The Morgan fingerprint density at radius 2 is 1.81 bits per heavy atom. The average Bonchev–Trinajstić information content (AvgIpc) is 2.75. The third-order valence-corrected chi connectivity index (χ3v) is 4.59. The van der Waals surface area contributed by atoms with Gasteiger partial charge in [-0.1, -0.05) is 25.5 Å². The van der Waals surface area contributed by atoms with E-state index >= 15 is 0 Å². The molecule has 2 aromatic carbocycles. The van der Waals surface area contributed by atoms with E-state index in [4.69, 9.17) is 14.2 Å². The number of esters is 1. The lowest BCUT2D eigenvalue weighted by molar-refractivity contribution is -0.123. The Morgan fingerprint density at radius 1 is 1.03 bits per heavy atom. The van der Waals surface area contributed by atoms with Crippen LogP contribution in [0.2, 0.25) is 0 Å². The van der Waals surface area contributed by atoms with Gasteiger partial charge >= 0.3 is 12.0 Å². The van der Waals surface area contributed by atoms with E-state index < -0.39 is 24.5 Å². The van der Waals surface area contributed by atoms with Crippen LogP contribution in [0.3, 0.4) is 0 Å². The fourth-order valence-electron chi connectivity index (χ4n) is 2.66. The highest BCUT2D eigenvalue weighted by molar-refractivity contribution is 6.02. The number of imide groups is 1. The molecular weight excluding hydrogens is 400 g/mol. The second kappa shape index (κ2) is 11.6. The number of hydrogen-bond donors (Lipinski definition) is 2. The number of unbranched alkanes of at least 4 members (excludes halogenated alkanes) is 1. The first-order valence-electron chi connectivity index (χ1n) is 10.0. The first-order chi connectivity index (χ1) is 14.8. The lowest BCUT2D eigenvalue weighted by Crippen LogP contribution is -2.37. The second-order valence-corrected chi connectivity index (χ2v) is 6.89. The lowest BCUT2D eigenvalue weighted by Gasteiger charge is -2.12. The van der Waals surface area contributed by atoms with E-state index in [1.54, 1.807) is 18.2 Å². The molecule has 3 amide bonds. The SMILES string of the molecule is CCCCOc1ccc(C(=O)OCC(=O)NC(=O)Nc2cccc(C)c2C)cc1OC. The van der Waals surface area contributed by atoms with Gasteiger partial charge in [-0.25, -0.2) is 9.59 Å². The van der Waals surface area contributed by atoms with Crippen molar-refractivity contribution in [1.82, 2.24) is 5.32 Å². The second-order valence-electron chi connectivity index (χ2n) is 6.89. The van der Waals surface area contributed by atoms with Gasteiger partial charge in [0.05, 0.1) is 19.3 Å². The molecule has 0 spiro atoms. The average molecular weight is 428 g/mol. The van der Waals surface area contributed by atoms with E-state index in [-0.39, 0.29) is 5.56 Å². The Labute approximate surface area is 181 Å². The minimum absolute atomic E-state index is 0.201. The zero-order chi connectivity index (χ0) is 22.8. The van der Waals surface area contributed by atoms with Gasteiger partial charge in [0.15, 0.2) is 18.1 Å². The highest BCUT2D eigenvalue weighted by Gasteiger charge is 2.16. The standard InChI is InChI=1S/C23H28N2O6/c1-5-6-12-30-19-11-10-17(13-20(19)29-4)22(27)31-14-21(26)25-23(28)24-18-9-7-8-15(2)16(18)3/h7-11,13H,5-6,12,14H2,1-4H3,(H2,24,25,26,28). The van der Waals surface area contributed by atoms with Crippen molar-refractivity contribution in [2.24, 2.45) is 0 Å². The molecule has 31 heavy (non-hydrogen) atoms. The van der Waals surface area contributed by atoms with Gasteiger partial charge in [0.25, 0.3) is 5.91 Å². The molecule has 0 aliphatic rings. The molecule has 0 fully saturated rings. The van der Waals surface area contributed by atoms with Crippen molar-refractivity contribution in [3.8, 4) is 11.5 Å². The quantitative estimate of drug-likeness (QED) is 0.462. The third kappa shape index (κ3) is 7.02. The molecule has 0 saturated heterocycles. The van der Waals surface area contributed by atoms with Crippen LogP contribution in [-0.4, -0.2) is 38.2 Å². The first kappa shape index (κ1) is 23.7. The van der Waals surface area contributed by atoms with Gasteiger partial charge in [-0.05, 0) is 55.7 Å². The summed E-state index contributed by atoms with van der Waals surface area (Å²) in [5.41, 5.74) is 2.70. The maximum absolute atomic E-state index is 12.2. The molecule has 2 rings (SSSR count). The number of nitrogens with one attached hydrogen (secondary N) is 2. The molecule has 0 aliphatic carbocycles. The summed E-state index contributed by atoms with van der Waals surface area (Å²) in [6.07, 6.45) is 1.90. The largest absolute Gasteiger partial charge is 0.493 e. The van der Waals surface area contributed by atoms with Crippen molar-refractivity contribution >= 4 is 23.6 Å². The number of urea groups is 1. The van der Waals surface area contributed by atoms with Crippen molar-refractivity contribution in [2.45, 2.75) is 33.6 Å². The fourth-order valence-corrected chi connectivity index (χ4v) is 2.66. The molecule has 0 aliphatic heterocycles. The molecule has 2 aromatic rings. The molecular formula is C23H28N2O6. The Kier molecular flexibility index (Phi) is 8.87. The van der Waals surface area contributed by atoms with Gasteiger partial charge in [0.2, 0.25) is 0 Å². The number of benzene rings is 2. The van der Waals surface area contributed by atoms with E-state index in [0.717, 1.165) is 24.0 Å². The third-order valence-electron chi connectivity index (χ3n) is 4.59. The number of ether oxygens (including phenoxy) is 3. The Bertz CT molecular complexity index is 942. The predicted molar refractivity (Wildman–Crippen MR) is 117 cm³/mol. The van der Waals surface area contributed by atoms with E-state index in [1.165, 1.54) is 19.2 Å². The van der Waals surface area contributed by atoms with Gasteiger partial charge < -0.3 is 19.5 Å². The summed E-state index contributed by atoms with van der Waals surface area (Å²) in [6, 6.07) is 9.37. The van der Waals surface area contributed by atoms with Crippen LogP contribution in [-0.2, 0) is 9.53 Å². The van der Waals surface area contributed by atoms with Crippen LogP contribution < -0.4 is 20.1 Å². The van der Waals surface area contributed by atoms with E-state index in [9.17, 15) is 14.4 Å². The Hall–Kier alpha value is -3.55. The predicted octanol–water partition coefficient (Wildman–Crippen LogP) is 4.00. The Morgan fingerprint density at radius 3 is 2.52 bits per heavy atom. The van der Waals surface area contributed by atoms with Crippen LogP contribution in [0.1, 0.15) is 41.3 Å². The Balaban J connectivity index is 1.87. The number of anilines is 1. The van der Waals surface area contributed by atoms with Crippen molar-refractivity contribution in [3.63, 3.8) is 0 Å². The molecule has 0 radical (unpaired) electrons. The van der Waals surface area contributed by atoms with Gasteiger partial charge in [-0.3, -0.25) is 10.1 Å². The summed E-state index contributed by atoms with van der Waals surface area (Å²) in [5, 5.41) is 4.73. The summed E-state index contributed by atoms with van der Waals surface area (Å²) >= 11 is 0. The summed E-state index contributed by atoms with van der Waals surface area (Å²) in [5.74, 6) is -0.553. The number of rotatable bonds is 9. The molecule has 0 bridgehead atoms. The minimum Gasteiger partial charge on any atom is -0.493 e. The summed E-state index contributed by atoms with van der Waals surface area (Å²) < 4.78 is 15.9. The van der Waals surface area contributed by atoms with Crippen molar-refractivity contribution in [1.29, 1.82) is 0 Å². The van der Waals surface area contributed by atoms with Crippen LogP contribution in [0.5, 0.6) is 11.5 Å². The minimum atomic E-state index is -0.748. The zero-order valence-corrected chi connectivity index (χ0v) is 18.2. The number of hydrogen-bond acceptors (Lipinski definition) is 6. The molecule has 8 heteroatoms. The number of amides is 3. The molecule has 166 valence electrons. The summed E-state index contributed by atoms with van der Waals surface area (Å²) in [6.45, 7) is 5.78. The maximum atomic E-state index is 12.2. The highest BCUT2D eigenvalue weighted by atomic mass is 16.5. The van der Waals surface area contributed by atoms with Crippen LogP contribution in [0.25, 0.3) is 0 Å². The zero-order valence-electron chi connectivity index (χ0n) is 18.2. The van der Waals surface area contributed by atoms with Crippen LogP contribution in [0.4, 0.5) is 10.5 Å². The molecule has 0 atom stereocenters. The topological polar surface area (TPSA) is 103 Å². The van der Waals surface area contributed by atoms with Crippen LogP contribution in [0.15, 0.2) is 36.4 Å².